The normalized spacial score (nSPS) is 24.6. The van der Waals surface area contributed by atoms with Gasteiger partial charge in [0.1, 0.15) is 23.1 Å². The summed E-state index contributed by atoms with van der Waals surface area (Å²) in [5.74, 6) is -2.86. The summed E-state index contributed by atoms with van der Waals surface area (Å²) in [6.45, 7) is 2.72. The summed E-state index contributed by atoms with van der Waals surface area (Å²) in [4.78, 5) is 14.6. The van der Waals surface area contributed by atoms with Crippen LogP contribution < -0.4 is 4.72 Å². The van der Waals surface area contributed by atoms with Gasteiger partial charge in [-0.05, 0) is 62.3 Å². The van der Waals surface area contributed by atoms with Crippen molar-refractivity contribution in [2.45, 2.75) is 56.8 Å². The highest BCUT2D eigenvalue weighted by Gasteiger charge is 2.55. The zero-order valence-corrected chi connectivity index (χ0v) is 19.9. The Balaban J connectivity index is 1.74. The molecule has 2 fully saturated rings. The van der Waals surface area contributed by atoms with Gasteiger partial charge in [0, 0.05) is 23.7 Å². The lowest BCUT2D eigenvalue weighted by atomic mass is 9.88. The van der Waals surface area contributed by atoms with Gasteiger partial charge in [0.15, 0.2) is 0 Å². The van der Waals surface area contributed by atoms with Crippen molar-refractivity contribution in [2.24, 2.45) is 5.92 Å². The minimum atomic E-state index is -3.64. The quantitative estimate of drug-likeness (QED) is 0.644. The molecule has 0 radical (unpaired) electrons. The maximum Gasteiger partial charge on any atom is 0.254 e. The zero-order chi connectivity index (χ0) is 25.0. The first-order valence-corrected chi connectivity index (χ1v) is 12.9. The fourth-order valence-electron chi connectivity index (χ4n) is 4.90. The van der Waals surface area contributed by atoms with E-state index in [0.717, 1.165) is 18.4 Å². The van der Waals surface area contributed by atoms with E-state index in [1.807, 2.05) is 0 Å². The molecule has 2 N–H and O–H groups in total. The van der Waals surface area contributed by atoms with E-state index in [2.05, 4.69) is 4.72 Å². The number of nitrogens with one attached hydrogen (secondary N) is 1. The smallest absolute Gasteiger partial charge is 0.254 e. The summed E-state index contributed by atoms with van der Waals surface area (Å²) in [5, 5.41) is 10.4. The Kier molecular flexibility index (Phi) is 6.28. The number of amides is 1. The molecular formula is C24H27F3N2O4S. The third kappa shape index (κ3) is 5.13. The van der Waals surface area contributed by atoms with E-state index >= 15 is 4.39 Å². The van der Waals surface area contributed by atoms with Gasteiger partial charge in [0.25, 0.3) is 5.91 Å². The van der Waals surface area contributed by atoms with Gasteiger partial charge >= 0.3 is 0 Å². The molecule has 0 spiro atoms. The van der Waals surface area contributed by atoms with Gasteiger partial charge in [0.05, 0.1) is 12.3 Å². The Morgan fingerprint density at radius 2 is 1.79 bits per heavy atom. The number of carbonyl (C=O) groups is 1. The molecule has 6 nitrogen and oxygen atoms in total. The maximum absolute atomic E-state index is 15.6. The molecule has 34 heavy (non-hydrogen) atoms. The third-order valence-corrected chi connectivity index (χ3v) is 7.16. The number of nitrogens with zero attached hydrogens (tertiary/aromatic N) is 1. The fourth-order valence-corrected chi connectivity index (χ4v) is 5.71. The topological polar surface area (TPSA) is 86.7 Å². The number of benzene rings is 2. The average molecular weight is 497 g/mol. The highest BCUT2D eigenvalue weighted by Crippen LogP contribution is 2.47. The summed E-state index contributed by atoms with van der Waals surface area (Å²) in [7, 11) is -3.64. The van der Waals surface area contributed by atoms with Gasteiger partial charge in [-0.25, -0.2) is 26.3 Å². The minimum Gasteiger partial charge on any atom is -0.381 e. The molecule has 1 heterocycles. The predicted molar refractivity (Wildman–Crippen MR) is 121 cm³/mol. The summed E-state index contributed by atoms with van der Waals surface area (Å²) in [5.41, 5.74) is -1.51. The Morgan fingerprint density at radius 3 is 2.38 bits per heavy atom. The molecule has 1 aliphatic carbocycles. The Bertz CT molecular complexity index is 1210. The molecule has 0 unspecified atom stereocenters. The number of hydrogen-bond donors (Lipinski definition) is 2. The maximum atomic E-state index is 15.6. The van der Waals surface area contributed by atoms with Crippen LogP contribution in [0.15, 0.2) is 36.4 Å². The molecule has 2 aliphatic rings. The molecule has 1 amide bonds. The third-order valence-electron chi connectivity index (χ3n) is 6.43. The number of halogens is 3. The number of rotatable bonds is 6. The largest absolute Gasteiger partial charge is 0.381 e. The highest BCUT2D eigenvalue weighted by atomic mass is 32.2. The van der Waals surface area contributed by atoms with E-state index in [4.69, 9.17) is 0 Å². The summed E-state index contributed by atoms with van der Waals surface area (Å²) in [6, 6.07) is 5.59. The average Bonchev–Trinajstić information content (AvgIpc) is 3.45. The second-order valence-electron chi connectivity index (χ2n) is 9.78. The first kappa shape index (κ1) is 24.7. The SMILES string of the molecule is CC(C)(O)C(=O)N1[C@@H]2C[C@@H]2C[C@@H](NS(C)(=O)=O)[C@H]1Cc1cccc(-c2cc(F)cc(F)c2)c1F. The lowest BCUT2D eigenvalue weighted by Crippen LogP contribution is -2.61. The van der Waals surface area contributed by atoms with Crippen molar-refractivity contribution in [1.29, 1.82) is 0 Å². The Labute approximate surface area is 196 Å². The minimum absolute atomic E-state index is 0.0102. The van der Waals surface area contributed by atoms with Crippen molar-refractivity contribution in [3.8, 4) is 11.1 Å². The summed E-state index contributed by atoms with van der Waals surface area (Å²) >= 11 is 0. The van der Waals surface area contributed by atoms with Crippen LogP contribution in [0, 0.1) is 23.4 Å². The molecule has 2 aromatic carbocycles. The van der Waals surface area contributed by atoms with Crippen molar-refractivity contribution in [1.82, 2.24) is 9.62 Å². The van der Waals surface area contributed by atoms with Crippen LogP contribution >= 0.6 is 0 Å². The van der Waals surface area contributed by atoms with Gasteiger partial charge in [-0.1, -0.05) is 18.2 Å². The molecule has 0 aromatic heterocycles. The van der Waals surface area contributed by atoms with Gasteiger partial charge in [0.2, 0.25) is 10.0 Å². The van der Waals surface area contributed by atoms with Gasteiger partial charge in [-0.2, -0.15) is 0 Å². The van der Waals surface area contributed by atoms with Gasteiger partial charge in [-0.3, -0.25) is 4.79 Å². The van der Waals surface area contributed by atoms with Crippen LogP contribution in [-0.4, -0.2) is 54.3 Å². The van der Waals surface area contributed by atoms with E-state index < -0.39 is 51.1 Å². The Hall–Kier alpha value is -2.43. The first-order chi connectivity index (χ1) is 15.7. The van der Waals surface area contributed by atoms with E-state index in [1.165, 1.54) is 30.9 Å². The zero-order valence-electron chi connectivity index (χ0n) is 19.1. The molecule has 4 rings (SSSR count). The highest BCUT2D eigenvalue weighted by molar-refractivity contribution is 7.88. The van der Waals surface area contributed by atoms with Gasteiger partial charge < -0.3 is 10.0 Å². The van der Waals surface area contributed by atoms with Crippen molar-refractivity contribution >= 4 is 15.9 Å². The predicted octanol–water partition coefficient (Wildman–Crippen LogP) is 2.99. The number of carbonyl (C=O) groups excluding carboxylic acids is 1. The van der Waals surface area contributed by atoms with E-state index in [1.54, 1.807) is 6.07 Å². The number of likely N-dealkylation sites (tertiary alicyclic amines) is 1. The molecule has 0 bridgehead atoms. The molecule has 4 atom stereocenters. The monoisotopic (exact) mass is 496 g/mol. The van der Waals surface area contributed by atoms with Crippen LogP contribution in [-0.2, 0) is 21.2 Å². The van der Waals surface area contributed by atoms with Crippen molar-refractivity contribution in [2.75, 3.05) is 6.26 Å². The number of hydrogen-bond acceptors (Lipinski definition) is 4. The summed E-state index contributed by atoms with van der Waals surface area (Å²) in [6.07, 6.45) is 2.13. The van der Waals surface area contributed by atoms with Gasteiger partial charge in [-0.15, -0.1) is 0 Å². The molecule has 184 valence electrons. The molecule has 2 aromatic rings. The van der Waals surface area contributed by atoms with E-state index in [0.29, 0.717) is 18.9 Å². The van der Waals surface area contributed by atoms with Crippen LogP contribution in [0.5, 0.6) is 0 Å². The standard InChI is InChI=1S/C24H27F3N2O4S/c1-24(2,31)23(30)29-20-11-15(20)9-19(28-34(3,32)33)21(29)10-13-5-4-6-18(22(13)27)14-7-16(25)12-17(26)8-14/h4-8,12,15,19-21,28,31H,9-11H2,1-3H3/t15-,19+,20+,21+/m0/s1. The van der Waals surface area contributed by atoms with Crippen molar-refractivity contribution < 1.29 is 31.5 Å². The number of piperidine rings is 1. The van der Waals surface area contributed by atoms with Crippen LogP contribution in [0.25, 0.3) is 11.1 Å². The van der Waals surface area contributed by atoms with Crippen LogP contribution in [0.1, 0.15) is 32.3 Å². The molecule has 1 saturated carbocycles. The lowest BCUT2D eigenvalue weighted by molar-refractivity contribution is -0.153. The van der Waals surface area contributed by atoms with Crippen LogP contribution in [0.4, 0.5) is 13.2 Å². The van der Waals surface area contributed by atoms with Crippen LogP contribution in [0.2, 0.25) is 0 Å². The molecule has 10 heteroatoms. The summed E-state index contributed by atoms with van der Waals surface area (Å²) < 4.78 is 69.7. The second-order valence-corrected chi connectivity index (χ2v) is 11.6. The number of sulfonamides is 1. The molecule has 1 saturated heterocycles. The molecular weight excluding hydrogens is 469 g/mol. The Morgan fingerprint density at radius 1 is 1.15 bits per heavy atom. The fraction of sp³-hybridized carbons (Fsp3) is 0.458. The lowest BCUT2D eigenvalue weighted by Gasteiger charge is -2.43. The van der Waals surface area contributed by atoms with E-state index in [-0.39, 0.29) is 35.1 Å². The molecule has 1 aliphatic heterocycles. The van der Waals surface area contributed by atoms with Crippen LogP contribution in [0.3, 0.4) is 0 Å². The number of fused-ring (bicyclic) bond motifs is 1. The number of aliphatic hydroxyl groups is 1. The van der Waals surface area contributed by atoms with Crippen molar-refractivity contribution in [3.63, 3.8) is 0 Å². The van der Waals surface area contributed by atoms with E-state index in [9.17, 15) is 27.1 Å². The van der Waals surface area contributed by atoms with Crippen molar-refractivity contribution in [3.05, 3.63) is 59.4 Å². The second kappa shape index (κ2) is 8.66. The first-order valence-electron chi connectivity index (χ1n) is 11.0.